The van der Waals surface area contributed by atoms with Crippen molar-refractivity contribution in [2.24, 2.45) is 0 Å². The second kappa shape index (κ2) is 5.56. The van der Waals surface area contributed by atoms with E-state index in [1.54, 1.807) is 19.1 Å². The van der Waals surface area contributed by atoms with Crippen LogP contribution in [0.1, 0.15) is 22.9 Å². The molecule has 1 N–H and O–H groups in total. The number of carbonyl (C=O) groups is 1. The van der Waals surface area contributed by atoms with Crippen LogP contribution in [0.2, 0.25) is 0 Å². The minimum absolute atomic E-state index is 0.259. The highest BCUT2D eigenvalue weighted by Gasteiger charge is 2.23. The van der Waals surface area contributed by atoms with Crippen molar-refractivity contribution in [3.05, 3.63) is 59.4 Å². The highest BCUT2D eigenvalue weighted by atomic mass is 19.1. The van der Waals surface area contributed by atoms with Crippen LogP contribution < -0.4 is 0 Å². The summed E-state index contributed by atoms with van der Waals surface area (Å²) in [6.45, 7) is 1.73. The SMILES string of the molecule is Cc1nccnc1C(Cc1ccc(F)cc1)C(=O)O. The normalized spacial score (nSPS) is 12.1. The monoisotopic (exact) mass is 260 g/mol. The van der Waals surface area contributed by atoms with Crippen LogP contribution in [0.4, 0.5) is 4.39 Å². The van der Waals surface area contributed by atoms with Crippen molar-refractivity contribution in [2.75, 3.05) is 0 Å². The molecule has 1 heterocycles. The number of hydrogen-bond donors (Lipinski definition) is 1. The Hall–Kier alpha value is -2.30. The van der Waals surface area contributed by atoms with Crippen LogP contribution in [0.3, 0.4) is 0 Å². The lowest BCUT2D eigenvalue weighted by molar-refractivity contribution is -0.138. The molecule has 0 saturated carbocycles. The van der Waals surface area contributed by atoms with E-state index in [0.717, 1.165) is 5.56 Å². The van der Waals surface area contributed by atoms with E-state index in [0.29, 0.717) is 11.4 Å². The number of carboxylic acid groups (broad SMARTS) is 1. The maximum absolute atomic E-state index is 12.8. The zero-order chi connectivity index (χ0) is 13.8. The summed E-state index contributed by atoms with van der Waals surface area (Å²) < 4.78 is 12.8. The molecule has 19 heavy (non-hydrogen) atoms. The molecule has 0 aliphatic rings. The van der Waals surface area contributed by atoms with Gasteiger partial charge in [-0.2, -0.15) is 0 Å². The van der Waals surface area contributed by atoms with Crippen molar-refractivity contribution < 1.29 is 14.3 Å². The van der Waals surface area contributed by atoms with E-state index in [1.807, 2.05) is 0 Å². The molecular formula is C14H13FN2O2. The van der Waals surface area contributed by atoms with Gasteiger partial charge in [0.1, 0.15) is 11.7 Å². The highest BCUT2D eigenvalue weighted by Crippen LogP contribution is 2.21. The summed E-state index contributed by atoms with van der Waals surface area (Å²) in [6, 6.07) is 5.80. The Labute approximate surface area is 110 Å². The lowest BCUT2D eigenvalue weighted by Gasteiger charge is -2.13. The molecule has 5 heteroatoms. The number of hydrogen-bond acceptors (Lipinski definition) is 3. The Bertz CT molecular complexity index is 584. The molecule has 0 amide bonds. The number of aromatic nitrogens is 2. The molecule has 4 nitrogen and oxygen atoms in total. The molecule has 0 aliphatic heterocycles. The van der Waals surface area contributed by atoms with E-state index in [4.69, 9.17) is 0 Å². The first-order valence-electron chi connectivity index (χ1n) is 5.82. The number of benzene rings is 1. The molecule has 0 radical (unpaired) electrons. The molecule has 98 valence electrons. The van der Waals surface area contributed by atoms with Gasteiger partial charge in [-0.1, -0.05) is 12.1 Å². The first kappa shape index (κ1) is 13.1. The molecule has 0 fully saturated rings. The number of aryl methyl sites for hydroxylation is 1. The zero-order valence-corrected chi connectivity index (χ0v) is 10.4. The quantitative estimate of drug-likeness (QED) is 0.916. The molecule has 0 saturated heterocycles. The maximum atomic E-state index is 12.8. The molecular weight excluding hydrogens is 247 g/mol. The van der Waals surface area contributed by atoms with Crippen LogP contribution in [0.15, 0.2) is 36.7 Å². The molecule has 0 aliphatic carbocycles. The van der Waals surface area contributed by atoms with Crippen molar-refractivity contribution in [3.63, 3.8) is 0 Å². The van der Waals surface area contributed by atoms with Crippen LogP contribution in [0, 0.1) is 12.7 Å². The Morgan fingerprint density at radius 3 is 2.47 bits per heavy atom. The van der Waals surface area contributed by atoms with E-state index >= 15 is 0 Å². The molecule has 2 aromatic rings. The Balaban J connectivity index is 2.29. The van der Waals surface area contributed by atoms with Crippen molar-refractivity contribution >= 4 is 5.97 Å². The lowest BCUT2D eigenvalue weighted by atomic mass is 9.95. The van der Waals surface area contributed by atoms with Crippen molar-refractivity contribution in [1.29, 1.82) is 0 Å². The zero-order valence-electron chi connectivity index (χ0n) is 10.4. The fourth-order valence-electron chi connectivity index (χ4n) is 1.92. The van der Waals surface area contributed by atoms with E-state index < -0.39 is 11.9 Å². The van der Waals surface area contributed by atoms with Crippen molar-refractivity contribution in [1.82, 2.24) is 9.97 Å². The standard InChI is InChI=1S/C14H13FN2O2/c1-9-13(17-7-6-16-9)12(14(18)19)8-10-2-4-11(15)5-3-10/h2-7,12H,8H2,1H3,(H,18,19). The molecule has 1 aromatic heterocycles. The van der Waals surface area contributed by atoms with Crippen LogP contribution in [-0.2, 0) is 11.2 Å². The van der Waals surface area contributed by atoms with Gasteiger partial charge in [0.2, 0.25) is 0 Å². The summed E-state index contributed by atoms with van der Waals surface area (Å²) in [7, 11) is 0. The van der Waals surface area contributed by atoms with Crippen LogP contribution in [0.25, 0.3) is 0 Å². The second-order valence-corrected chi connectivity index (χ2v) is 4.25. The second-order valence-electron chi connectivity index (χ2n) is 4.25. The first-order chi connectivity index (χ1) is 9.08. The molecule has 0 bridgehead atoms. The molecule has 0 spiro atoms. The largest absolute Gasteiger partial charge is 0.481 e. The van der Waals surface area contributed by atoms with Gasteiger partial charge in [-0.05, 0) is 31.0 Å². The maximum Gasteiger partial charge on any atom is 0.313 e. The fraction of sp³-hybridized carbons (Fsp3) is 0.214. The highest BCUT2D eigenvalue weighted by molar-refractivity contribution is 5.76. The number of rotatable bonds is 4. The summed E-state index contributed by atoms with van der Waals surface area (Å²) in [5, 5.41) is 9.33. The number of nitrogens with zero attached hydrogens (tertiary/aromatic N) is 2. The molecule has 1 aromatic carbocycles. The van der Waals surface area contributed by atoms with Gasteiger partial charge in [0.05, 0.1) is 11.4 Å². The van der Waals surface area contributed by atoms with Gasteiger partial charge in [0.25, 0.3) is 0 Å². The molecule has 2 rings (SSSR count). The summed E-state index contributed by atoms with van der Waals surface area (Å²) in [4.78, 5) is 19.5. The van der Waals surface area contributed by atoms with E-state index in [2.05, 4.69) is 9.97 Å². The third kappa shape index (κ3) is 3.13. The molecule has 1 atom stereocenters. The van der Waals surface area contributed by atoms with E-state index in [-0.39, 0.29) is 12.2 Å². The fourth-order valence-corrected chi connectivity index (χ4v) is 1.92. The van der Waals surface area contributed by atoms with Gasteiger partial charge in [-0.3, -0.25) is 14.8 Å². The number of aliphatic carboxylic acids is 1. The Morgan fingerprint density at radius 2 is 1.89 bits per heavy atom. The average Bonchev–Trinajstić information content (AvgIpc) is 2.39. The van der Waals surface area contributed by atoms with Gasteiger partial charge in [0, 0.05) is 12.4 Å². The van der Waals surface area contributed by atoms with Gasteiger partial charge in [0.15, 0.2) is 0 Å². The first-order valence-corrected chi connectivity index (χ1v) is 5.82. The predicted molar refractivity (Wildman–Crippen MR) is 67.2 cm³/mol. The van der Waals surface area contributed by atoms with Crippen molar-refractivity contribution in [3.8, 4) is 0 Å². The summed E-state index contributed by atoms with van der Waals surface area (Å²) in [6.07, 6.45) is 3.26. The van der Waals surface area contributed by atoms with E-state index in [9.17, 15) is 14.3 Å². The average molecular weight is 260 g/mol. The Morgan fingerprint density at radius 1 is 1.26 bits per heavy atom. The van der Waals surface area contributed by atoms with Crippen LogP contribution in [-0.4, -0.2) is 21.0 Å². The number of halogens is 1. The third-order valence-corrected chi connectivity index (χ3v) is 2.90. The van der Waals surface area contributed by atoms with Gasteiger partial charge in [-0.25, -0.2) is 4.39 Å². The summed E-state index contributed by atoms with van der Waals surface area (Å²) in [5.41, 5.74) is 1.79. The smallest absolute Gasteiger partial charge is 0.313 e. The topological polar surface area (TPSA) is 63.1 Å². The number of carboxylic acids is 1. The summed E-state index contributed by atoms with van der Waals surface area (Å²) in [5.74, 6) is -2.08. The van der Waals surface area contributed by atoms with Crippen LogP contribution >= 0.6 is 0 Å². The minimum atomic E-state index is -0.965. The third-order valence-electron chi connectivity index (χ3n) is 2.90. The lowest BCUT2D eigenvalue weighted by Crippen LogP contribution is -2.17. The minimum Gasteiger partial charge on any atom is -0.481 e. The van der Waals surface area contributed by atoms with Gasteiger partial charge < -0.3 is 5.11 Å². The van der Waals surface area contributed by atoms with E-state index in [1.165, 1.54) is 24.5 Å². The van der Waals surface area contributed by atoms with Crippen molar-refractivity contribution in [2.45, 2.75) is 19.3 Å². The Kier molecular flexibility index (Phi) is 3.85. The summed E-state index contributed by atoms with van der Waals surface area (Å²) >= 11 is 0. The van der Waals surface area contributed by atoms with Gasteiger partial charge >= 0.3 is 5.97 Å². The van der Waals surface area contributed by atoms with Gasteiger partial charge in [-0.15, -0.1) is 0 Å². The predicted octanol–water partition coefficient (Wildman–Crippen LogP) is 2.34. The molecule has 1 unspecified atom stereocenters. The van der Waals surface area contributed by atoms with Crippen LogP contribution in [0.5, 0.6) is 0 Å².